The van der Waals surface area contributed by atoms with Gasteiger partial charge in [0.15, 0.2) is 0 Å². The van der Waals surface area contributed by atoms with Crippen molar-refractivity contribution in [3.8, 4) is 6.07 Å². The Morgan fingerprint density at radius 2 is 1.58 bits per heavy atom. The SMILES string of the molecule is CCc1ccc(C(OC2CCC(C#N)CC2)c2ccccc2)cc1. The van der Waals surface area contributed by atoms with Gasteiger partial charge in [-0.3, -0.25) is 0 Å². The molecule has 1 aliphatic carbocycles. The van der Waals surface area contributed by atoms with E-state index in [4.69, 9.17) is 10.00 Å². The first kappa shape index (κ1) is 16.7. The predicted octanol–water partition coefficient (Wildman–Crippen LogP) is 5.44. The van der Waals surface area contributed by atoms with E-state index >= 15 is 0 Å². The summed E-state index contributed by atoms with van der Waals surface area (Å²) in [7, 11) is 0. The largest absolute Gasteiger partial charge is 0.366 e. The molecule has 0 N–H and O–H groups in total. The Labute approximate surface area is 145 Å². The van der Waals surface area contributed by atoms with Crippen molar-refractivity contribution in [2.45, 2.75) is 51.2 Å². The molecule has 1 aliphatic rings. The molecule has 1 atom stereocenters. The van der Waals surface area contributed by atoms with Crippen LogP contribution < -0.4 is 0 Å². The highest BCUT2D eigenvalue weighted by Gasteiger charge is 2.25. The third kappa shape index (κ3) is 4.04. The van der Waals surface area contributed by atoms with Crippen LogP contribution in [0.25, 0.3) is 0 Å². The maximum Gasteiger partial charge on any atom is 0.108 e. The molecule has 2 aromatic rings. The number of ether oxygens (including phenoxy) is 1. The summed E-state index contributed by atoms with van der Waals surface area (Å²) >= 11 is 0. The summed E-state index contributed by atoms with van der Waals surface area (Å²) in [5, 5.41) is 9.07. The molecule has 124 valence electrons. The first-order valence-corrected chi connectivity index (χ1v) is 8.99. The topological polar surface area (TPSA) is 33.0 Å². The molecule has 0 radical (unpaired) electrons. The van der Waals surface area contributed by atoms with E-state index in [1.807, 2.05) is 6.07 Å². The van der Waals surface area contributed by atoms with Gasteiger partial charge in [-0.15, -0.1) is 0 Å². The van der Waals surface area contributed by atoms with Crippen molar-refractivity contribution >= 4 is 0 Å². The van der Waals surface area contributed by atoms with Crippen LogP contribution in [0.1, 0.15) is 55.4 Å². The van der Waals surface area contributed by atoms with Crippen molar-refractivity contribution in [1.29, 1.82) is 5.26 Å². The zero-order valence-corrected chi connectivity index (χ0v) is 14.3. The highest BCUT2D eigenvalue weighted by atomic mass is 16.5. The normalized spacial score (nSPS) is 21.8. The first-order chi connectivity index (χ1) is 11.8. The fourth-order valence-electron chi connectivity index (χ4n) is 3.43. The Kier molecular flexibility index (Phi) is 5.67. The summed E-state index contributed by atoms with van der Waals surface area (Å²) < 4.78 is 6.52. The number of rotatable bonds is 5. The second kappa shape index (κ2) is 8.13. The molecule has 0 heterocycles. The summed E-state index contributed by atoms with van der Waals surface area (Å²) in [6.07, 6.45) is 5.14. The molecule has 0 aromatic heterocycles. The van der Waals surface area contributed by atoms with Crippen LogP contribution in [0, 0.1) is 17.2 Å². The molecule has 2 heteroatoms. The van der Waals surface area contributed by atoms with Crippen LogP contribution in [0.4, 0.5) is 0 Å². The zero-order chi connectivity index (χ0) is 16.8. The van der Waals surface area contributed by atoms with Gasteiger partial charge in [0.1, 0.15) is 6.10 Å². The molecule has 1 fully saturated rings. The highest BCUT2D eigenvalue weighted by molar-refractivity contribution is 5.32. The van der Waals surface area contributed by atoms with Crippen LogP contribution in [0.15, 0.2) is 54.6 Å². The summed E-state index contributed by atoms with van der Waals surface area (Å²) in [4.78, 5) is 0. The first-order valence-electron chi connectivity index (χ1n) is 8.99. The Balaban J connectivity index is 1.79. The summed E-state index contributed by atoms with van der Waals surface area (Å²) in [6.45, 7) is 2.17. The van der Waals surface area contributed by atoms with Gasteiger partial charge in [0, 0.05) is 5.92 Å². The Bertz CT molecular complexity index is 663. The third-order valence-electron chi connectivity index (χ3n) is 4.98. The van der Waals surface area contributed by atoms with E-state index in [9.17, 15) is 0 Å². The molecule has 2 nitrogen and oxygen atoms in total. The fraction of sp³-hybridized carbons (Fsp3) is 0.409. The Hall–Kier alpha value is -2.11. The van der Waals surface area contributed by atoms with E-state index in [2.05, 4.69) is 61.5 Å². The molecule has 3 rings (SSSR count). The molecule has 0 saturated heterocycles. The minimum Gasteiger partial charge on any atom is -0.366 e. The molecule has 24 heavy (non-hydrogen) atoms. The minimum atomic E-state index is -0.0271. The van der Waals surface area contributed by atoms with Crippen molar-refractivity contribution in [1.82, 2.24) is 0 Å². The highest BCUT2D eigenvalue weighted by Crippen LogP contribution is 2.33. The Morgan fingerprint density at radius 3 is 2.17 bits per heavy atom. The van der Waals surface area contributed by atoms with Gasteiger partial charge in [-0.25, -0.2) is 0 Å². The lowest BCUT2D eigenvalue weighted by Crippen LogP contribution is -2.23. The van der Waals surface area contributed by atoms with Gasteiger partial charge in [-0.05, 0) is 48.8 Å². The lowest BCUT2D eigenvalue weighted by molar-refractivity contribution is -0.0162. The third-order valence-corrected chi connectivity index (χ3v) is 4.98. The van der Waals surface area contributed by atoms with Crippen molar-refractivity contribution < 1.29 is 4.74 Å². The molecule has 2 aromatic carbocycles. The molecule has 0 amide bonds. The summed E-state index contributed by atoms with van der Waals surface area (Å²) in [6, 6.07) is 21.6. The zero-order valence-electron chi connectivity index (χ0n) is 14.3. The number of nitrogens with zero attached hydrogens (tertiary/aromatic N) is 1. The van der Waals surface area contributed by atoms with Crippen molar-refractivity contribution in [2.24, 2.45) is 5.92 Å². The van der Waals surface area contributed by atoms with E-state index < -0.39 is 0 Å². The molecular weight excluding hydrogens is 294 g/mol. The van der Waals surface area contributed by atoms with Crippen LogP contribution in [-0.4, -0.2) is 6.10 Å². The van der Waals surface area contributed by atoms with Gasteiger partial charge in [-0.2, -0.15) is 5.26 Å². The fourth-order valence-corrected chi connectivity index (χ4v) is 3.43. The average molecular weight is 319 g/mol. The van der Waals surface area contributed by atoms with Gasteiger partial charge in [-0.1, -0.05) is 61.5 Å². The number of aryl methyl sites for hydroxylation is 1. The van der Waals surface area contributed by atoms with Crippen molar-refractivity contribution in [3.05, 3.63) is 71.3 Å². The number of nitriles is 1. The lowest BCUT2D eigenvalue weighted by Gasteiger charge is -2.30. The summed E-state index contributed by atoms with van der Waals surface area (Å²) in [5.74, 6) is 0.212. The average Bonchev–Trinajstić information content (AvgIpc) is 2.67. The standard InChI is InChI=1S/C22H25NO/c1-2-17-8-12-20(13-9-17)22(19-6-4-3-5-7-19)24-21-14-10-18(16-23)11-15-21/h3-9,12-13,18,21-22H,2,10-11,14-15H2,1H3. The van der Waals surface area contributed by atoms with Crippen LogP contribution in [0.3, 0.4) is 0 Å². The van der Waals surface area contributed by atoms with E-state index in [0.29, 0.717) is 0 Å². The molecule has 0 spiro atoms. The maximum atomic E-state index is 9.07. The second-order valence-corrected chi connectivity index (χ2v) is 6.62. The van der Waals surface area contributed by atoms with Gasteiger partial charge in [0.2, 0.25) is 0 Å². The van der Waals surface area contributed by atoms with E-state index in [1.54, 1.807) is 0 Å². The van der Waals surface area contributed by atoms with E-state index in [1.165, 1.54) is 16.7 Å². The number of hydrogen-bond donors (Lipinski definition) is 0. The second-order valence-electron chi connectivity index (χ2n) is 6.62. The summed E-state index contributed by atoms with van der Waals surface area (Å²) in [5.41, 5.74) is 3.75. The molecule has 0 aliphatic heterocycles. The molecular formula is C22H25NO. The quantitative estimate of drug-likeness (QED) is 0.735. The maximum absolute atomic E-state index is 9.07. The smallest absolute Gasteiger partial charge is 0.108 e. The lowest BCUT2D eigenvalue weighted by atomic mass is 9.88. The van der Waals surface area contributed by atoms with Crippen LogP contribution >= 0.6 is 0 Å². The minimum absolute atomic E-state index is 0.0271. The molecule has 0 bridgehead atoms. The van der Waals surface area contributed by atoms with E-state index in [0.717, 1.165) is 32.1 Å². The number of benzene rings is 2. The van der Waals surface area contributed by atoms with Gasteiger partial charge < -0.3 is 4.74 Å². The molecule has 1 unspecified atom stereocenters. The van der Waals surface area contributed by atoms with Gasteiger partial charge >= 0.3 is 0 Å². The van der Waals surface area contributed by atoms with Gasteiger partial charge in [0.25, 0.3) is 0 Å². The van der Waals surface area contributed by atoms with Crippen LogP contribution in [0.2, 0.25) is 0 Å². The number of hydrogen-bond acceptors (Lipinski definition) is 2. The predicted molar refractivity (Wildman–Crippen MR) is 96.5 cm³/mol. The Morgan fingerprint density at radius 1 is 0.958 bits per heavy atom. The monoisotopic (exact) mass is 319 g/mol. The van der Waals surface area contributed by atoms with Gasteiger partial charge in [0.05, 0.1) is 12.2 Å². The van der Waals surface area contributed by atoms with Crippen LogP contribution in [0.5, 0.6) is 0 Å². The van der Waals surface area contributed by atoms with Crippen molar-refractivity contribution in [3.63, 3.8) is 0 Å². The molecule has 1 saturated carbocycles. The van der Waals surface area contributed by atoms with Crippen molar-refractivity contribution in [2.75, 3.05) is 0 Å². The van der Waals surface area contributed by atoms with Crippen LogP contribution in [-0.2, 0) is 11.2 Å². The van der Waals surface area contributed by atoms with E-state index in [-0.39, 0.29) is 18.1 Å².